The second-order valence-corrected chi connectivity index (χ2v) is 30.1. The van der Waals surface area contributed by atoms with Gasteiger partial charge in [-0.05, 0) is 129 Å². The topological polar surface area (TPSA) is 299 Å². The Bertz CT molecular complexity index is 2470. The maximum atomic E-state index is 13.9. The van der Waals surface area contributed by atoms with E-state index >= 15 is 0 Å². The zero-order chi connectivity index (χ0) is 71.8. The van der Waals surface area contributed by atoms with Crippen LogP contribution in [0.3, 0.4) is 0 Å². The number of carbonyl (C=O) groups excluding carboxylic acids is 2. The van der Waals surface area contributed by atoms with Gasteiger partial charge in [0.1, 0.15) is 12.2 Å². The van der Waals surface area contributed by atoms with Crippen molar-refractivity contribution in [1.82, 2.24) is 0 Å². The molecule has 0 unspecified atom stereocenters. The van der Waals surface area contributed by atoms with Gasteiger partial charge < -0.3 is 88.6 Å². The van der Waals surface area contributed by atoms with Crippen molar-refractivity contribution in [3.8, 4) is 0 Å². The van der Waals surface area contributed by atoms with Gasteiger partial charge in [-0.25, -0.2) is 9.59 Å². The van der Waals surface area contributed by atoms with Crippen LogP contribution in [0.1, 0.15) is 199 Å². The molecule has 5 aliphatic rings. The Morgan fingerprint density at radius 1 is 0.454 bits per heavy atom. The van der Waals surface area contributed by atoms with E-state index in [1.54, 1.807) is 81.1 Å². The van der Waals surface area contributed by atoms with E-state index in [2.05, 4.69) is 0 Å². The van der Waals surface area contributed by atoms with E-state index in [9.17, 15) is 55.5 Å². The Hall–Kier alpha value is -3.26. The first-order valence-electron chi connectivity index (χ1n) is 36.7. The largest absolute Gasteiger partial charge is 0.458 e. The predicted octanol–water partition coefficient (Wildman–Crippen LogP) is 9.45. The Kier molecular flexibility index (Phi) is 36.9. The first kappa shape index (κ1) is 84.4. The number of aliphatic hydroxyl groups excluding tert-OH is 9. The monoisotopic (exact) mass is 1370 g/mol. The molecular weight excluding hydrogens is 1240 g/mol. The number of hydrogen-bond donors (Lipinski definition) is 9. The summed E-state index contributed by atoms with van der Waals surface area (Å²) in [6, 6.07) is 0. The Morgan fingerprint density at radius 2 is 0.835 bits per heavy atom. The van der Waals surface area contributed by atoms with Crippen LogP contribution in [0.25, 0.3) is 0 Å². The van der Waals surface area contributed by atoms with E-state index in [-0.39, 0.29) is 99.5 Å². The summed E-state index contributed by atoms with van der Waals surface area (Å²) in [6.07, 6.45) is 12.2. The number of fused-ring (bicyclic) bond motifs is 4. The number of cyclic esters (lactones) is 2. The van der Waals surface area contributed by atoms with Crippen molar-refractivity contribution < 1.29 is 98.2 Å². The minimum absolute atomic E-state index is 0.0332. The van der Waals surface area contributed by atoms with Crippen LogP contribution in [-0.2, 0) is 52.2 Å². The summed E-state index contributed by atoms with van der Waals surface area (Å²) in [5.74, 6) is -5.87. The summed E-state index contributed by atoms with van der Waals surface area (Å²) in [4.78, 5) is 27.7. The van der Waals surface area contributed by atoms with Crippen molar-refractivity contribution in [1.29, 1.82) is 0 Å². The summed E-state index contributed by atoms with van der Waals surface area (Å²) in [6.45, 7) is 22.2. The second-order valence-electron chi connectivity index (χ2n) is 30.1. The Labute approximate surface area is 581 Å². The number of allylic oxidation sites excluding steroid dienone is 4. The van der Waals surface area contributed by atoms with Crippen molar-refractivity contribution in [2.24, 2.45) is 47.3 Å². The molecule has 5 aliphatic heterocycles. The Morgan fingerprint density at radius 3 is 1.24 bits per heavy atom. The number of methoxy groups -OCH3 is 3. The second kappa shape index (κ2) is 42.4. The summed E-state index contributed by atoms with van der Waals surface area (Å²) in [5.41, 5.74) is 1.35. The fourth-order valence-corrected chi connectivity index (χ4v) is 15.1. The van der Waals surface area contributed by atoms with Gasteiger partial charge in [0, 0.05) is 94.7 Å². The smallest absolute Gasteiger partial charge is 0.331 e. The van der Waals surface area contributed by atoms with Gasteiger partial charge in [0.05, 0.1) is 122 Å². The zero-order valence-corrected chi connectivity index (χ0v) is 61.3. The van der Waals surface area contributed by atoms with E-state index in [4.69, 9.17) is 42.6 Å². The normalized spacial score (nSPS) is 41.4. The lowest BCUT2D eigenvalue weighted by Gasteiger charge is -2.38. The number of esters is 2. The number of carbonyl (C=O) groups is 2. The molecule has 0 aliphatic carbocycles. The molecule has 0 spiro atoms. The van der Waals surface area contributed by atoms with Gasteiger partial charge in [0.15, 0.2) is 0 Å². The van der Waals surface area contributed by atoms with Gasteiger partial charge >= 0.3 is 11.9 Å². The van der Waals surface area contributed by atoms with Crippen LogP contribution in [0.5, 0.6) is 0 Å². The molecule has 0 aromatic rings. The average molecular weight is 1380 g/mol. The summed E-state index contributed by atoms with van der Waals surface area (Å²) in [7, 11) is 4.99. The summed E-state index contributed by atoms with van der Waals surface area (Å²) >= 11 is 0. The highest BCUT2D eigenvalue weighted by Gasteiger charge is 2.42. The zero-order valence-electron chi connectivity index (χ0n) is 61.3. The molecule has 5 rings (SSSR count). The molecule has 0 saturated carbocycles. The molecule has 97 heavy (non-hydrogen) atoms. The molecule has 0 aromatic carbocycles. The van der Waals surface area contributed by atoms with Crippen LogP contribution >= 0.6 is 0 Å². The van der Waals surface area contributed by atoms with Gasteiger partial charge in [0.25, 0.3) is 0 Å². The summed E-state index contributed by atoms with van der Waals surface area (Å²) in [5, 5.41) is 105. The van der Waals surface area contributed by atoms with E-state index in [0.717, 1.165) is 25.7 Å². The average Bonchev–Trinajstić information content (AvgIpc) is 0.870. The molecule has 5 heterocycles. The van der Waals surface area contributed by atoms with Crippen LogP contribution in [0.15, 0.2) is 71.9 Å². The molecule has 30 atom stereocenters. The number of aliphatic hydroxyl groups is 9. The van der Waals surface area contributed by atoms with Gasteiger partial charge in [-0.15, -0.1) is 0 Å². The first-order chi connectivity index (χ1) is 45.9. The lowest BCUT2D eigenvalue weighted by Crippen LogP contribution is -2.45. The maximum Gasteiger partial charge on any atom is 0.331 e. The lowest BCUT2D eigenvalue weighted by molar-refractivity contribution is -0.158. The van der Waals surface area contributed by atoms with Crippen LogP contribution < -0.4 is 0 Å². The fourth-order valence-electron chi connectivity index (χ4n) is 15.1. The number of rotatable bonds is 15. The summed E-state index contributed by atoms with van der Waals surface area (Å²) < 4.78 is 55.1. The highest BCUT2D eigenvalue weighted by atomic mass is 16.6. The Balaban J connectivity index is 1.35. The van der Waals surface area contributed by atoms with Crippen LogP contribution in [0.2, 0.25) is 0 Å². The number of hydrogen-bond acceptors (Lipinski definition) is 20. The minimum atomic E-state index is -1.22. The number of ether oxygens (including phenoxy) is 9. The SMILES string of the molecule is CO[C@H]1C[C@@H](CC[C@@H](C)[C@H](O)[C@@H](C)[C@@H]2OC(=O)/C=C\C(C)=C\C[C@@H](O)C[C@@H]3C=CC[C@@H](C[C@H](O)[C@H](C)[C@H](O)C[C@@H](O)[C@H](C)[C@H]([C@@H](C)[C@@H](O)[C@@H](C)CC[C@H]4C[C@H](OC)C[C@@H](C)O4)OC(=O)/C=C\C(C)=C\C[C@@H](O)C[C@H]4C=CC[C@H](C[C@H](OC)[C@H](C)[C@@H](O)C[C@@H](O)[C@H]2C)O4)O3)O[C@H](C)C1. The third-order valence-corrected chi connectivity index (χ3v) is 22.0. The molecule has 4 bridgehead atoms. The van der Waals surface area contributed by atoms with Crippen molar-refractivity contribution in [3.05, 3.63) is 71.9 Å². The molecule has 2 fully saturated rings. The molecule has 2 saturated heterocycles. The van der Waals surface area contributed by atoms with Crippen LogP contribution in [0, 0.1) is 47.3 Å². The van der Waals surface area contributed by atoms with Gasteiger partial charge in [-0.3, -0.25) is 0 Å². The molecule has 20 heteroatoms. The predicted molar refractivity (Wildman–Crippen MR) is 373 cm³/mol. The molecule has 558 valence electrons. The highest BCUT2D eigenvalue weighted by Crippen LogP contribution is 2.36. The molecule has 20 nitrogen and oxygen atoms in total. The third-order valence-electron chi connectivity index (χ3n) is 22.0. The first-order valence-corrected chi connectivity index (χ1v) is 36.7. The van der Waals surface area contributed by atoms with Crippen molar-refractivity contribution in [2.45, 2.75) is 333 Å². The van der Waals surface area contributed by atoms with Crippen molar-refractivity contribution in [2.75, 3.05) is 21.3 Å². The molecule has 0 radical (unpaired) electrons. The lowest BCUT2D eigenvalue weighted by atomic mass is 9.78. The van der Waals surface area contributed by atoms with Gasteiger partial charge in [-0.1, -0.05) is 115 Å². The van der Waals surface area contributed by atoms with E-state index in [1.165, 1.54) is 12.2 Å². The minimum Gasteiger partial charge on any atom is -0.458 e. The van der Waals surface area contributed by atoms with E-state index < -0.39 is 139 Å². The highest BCUT2D eigenvalue weighted by molar-refractivity contribution is 5.83. The molecule has 9 N–H and O–H groups in total. The van der Waals surface area contributed by atoms with Gasteiger partial charge in [0.2, 0.25) is 0 Å². The third kappa shape index (κ3) is 28.1. The molecular formula is C77H130O20. The maximum absolute atomic E-state index is 13.9. The standard InChI is InChI=1S/C77H130O20/c1-44-22-28-56(78)36-58-18-16-20-60(94-58)40-66(80)50(7)67(81)42-69(83)52(9)76(54(11)74(87)46(3)26-30-62-38-64(89-13)34-48(5)92-62)96-72(85)32-24-45(2)23-29-57(79)37-59-19-17-21-61(95-59)41-71(91-15)51(8)68(82)43-70(84)53(10)77(97-73(86)33-25-44)55(12)75(88)47(4)27-31-63-39-65(90-14)35-49(6)93-63/h16-19,22-25,32-33,46-71,74-84,87-88H,20-21,26-31,34-43H2,1-15H3/b32-24-,33-25-,44-22+,45-23+/t46-,47+,48+,49+,50-,51+,52-,53+,54-,55+,56+,57+,58-,59+,60-,61+,62-,63+,64+,65+,66-,67+,68-,69+,70+,71-,74-,75-,76+,77+/m0/s1. The fraction of sp³-hybridized carbons (Fsp3) is 0.818. The van der Waals surface area contributed by atoms with Crippen LogP contribution in [-0.4, -0.2) is 214 Å². The van der Waals surface area contributed by atoms with Crippen molar-refractivity contribution in [3.63, 3.8) is 0 Å². The molecule has 0 amide bonds. The van der Waals surface area contributed by atoms with Crippen molar-refractivity contribution >= 4 is 11.9 Å². The van der Waals surface area contributed by atoms with E-state index in [0.29, 0.717) is 56.1 Å². The quantitative estimate of drug-likeness (QED) is 0.0544. The van der Waals surface area contributed by atoms with E-state index in [1.807, 2.05) is 71.9 Å². The molecule has 0 aromatic heterocycles. The van der Waals surface area contributed by atoms with Crippen LogP contribution in [0.4, 0.5) is 0 Å². The van der Waals surface area contributed by atoms with Gasteiger partial charge in [-0.2, -0.15) is 0 Å².